The van der Waals surface area contributed by atoms with Crippen LogP contribution in [0, 0.1) is 13.8 Å². The van der Waals surface area contributed by atoms with Gasteiger partial charge < -0.3 is 10.1 Å². The van der Waals surface area contributed by atoms with E-state index in [2.05, 4.69) is 20.0 Å². The molecular weight excluding hydrogens is 364 g/mol. The van der Waals surface area contributed by atoms with E-state index in [0.717, 1.165) is 17.1 Å². The summed E-state index contributed by atoms with van der Waals surface area (Å²) in [5, 5.41) is 5.71. The lowest BCUT2D eigenvalue weighted by atomic mass is 9.99. The van der Waals surface area contributed by atoms with Crippen molar-refractivity contribution in [3.63, 3.8) is 0 Å². The third-order valence-corrected chi connectivity index (χ3v) is 4.49. The summed E-state index contributed by atoms with van der Waals surface area (Å²) in [5.74, 6) is 0.819. The number of carbonyl (C=O) groups excluding carboxylic acids is 2. The first-order valence-electron chi connectivity index (χ1n) is 8.14. The fraction of sp³-hybridized carbons (Fsp3) is 0.158. The normalized spacial score (nSPS) is 10.3. The van der Waals surface area contributed by atoms with Crippen molar-refractivity contribution in [3.05, 3.63) is 65.0 Å². The molecule has 1 heterocycles. The third-order valence-electron chi connectivity index (χ3n) is 3.77. The number of anilines is 2. The van der Waals surface area contributed by atoms with Crippen LogP contribution in [0.3, 0.4) is 0 Å². The summed E-state index contributed by atoms with van der Waals surface area (Å²) in [6, 6.07) is 11.7. The predicted octanol–water partition coefficient (Wildman–Crippen LogP) is 4.04. The van der Waals surface area contributed by atoms with Gasteiger partial charge in [0.2, 0.25) is 5.13 Å². The molecule has 0 saturated heterocycles. The molecule has 27 heavy (non-hydrogen) atoms. The van der Waals surface area contributed by atoms with Crippen molar-refractivity contribution in [2.24, 2.45) is 0 Å². The fourth-order valence-corrected chi connectivity index (χ4v) is 3.10. The smallest absolute Gasteiger partial charge is 0.325 e. The fourth-order valence-electron chi connectivity index (χ4n) is 2.53. The molecule has 3 aromatic rings. The van der Waals surface area contributed by atoms with Crippen molar-refractivity contribution in [2.45, 2.75) is 13.8 Å². The lowest BCUT2D eigenvalue weighted by Gasteiger charge is -2.13. The molecule has 0 aliphatic rings. The number of nitrogens with zero attached hydrogens (tertiary/aromatic N) is 2. The lowest BCUT2D eigenvalue weighted by Crippen LogP contribution is -2.21. The molecule has 0 aliphatic carbocycles. The molecule has 0 spiro atoms. The van der Waals surface area contributed by atoms with Gasteiger partial charge in [-0.15, -0.1) is 0 Å². The van der Waals surface area contributed by atoms with Gasteiger partial charge in [-0.1, -0.05) is 23.8 Å². The second-order valence-corrected chi connectivity index (χ2v) is 6.56. The average Bonchev–Trinajstić information content (AvgIpc) is 3.07. The molecule has 138 valence electrons. The number of aryl methyl sites for hydroxylation is 2. The Morgan fingerprint density at radius 3 is 2.52 bits per heavy atom. The number of nitrogens with one attached hydrogen (secondary N) is 2. The SMILES string of the molecule is COc1ccccc1C(=O)c1cc(C)ccc1NC(=O)Nc1nc(C)ns1. The highest BCUT2D eigenvalue weighted by atomic mass is 32.1. The number of urea groups is 1. The van der Waals surface area contributed by atoms with Crippen molar-refractivity contribution in [1.29, 1.82) is 0 Å². The van der Waals surface area contributed by atoms with Crippen molar-refractivity contribution in [3.8, 4) is 5.75 Å². The van der Waals surface area contributed by atoms with E-state index in [1.165, 1.54) is 7.11 Å². The molecule has 0 bridgehead atoms. The second-order valence-electron chi connectivity index (χ2n) is 5.80. The minimum absolute atomic E-state index is 0.238. The number of aromatic nitrogens is 2. The Labute approximate surface area is 160 Å². The van der Waals surface area contributed by atoms with E-state index in [1.54, 1.807) is 43.3 Å². The number of ether oxygens (including phenoxy) is 1. The van der Waals surface area contributed by atoms with Gasteiger partial charge in [0.1, 0.15) is 11.6 Å². The van der Waals surface area contributed by atoms with Gasteiger partial charge in [-0.3, -0.25) is 10.1 Å². The van der Waals surface area contributed by atoms with E-state index in [9.17, 15) is 9.59 Å². The van der Waals surface area contributed by atoms with Gasteiger partial charge in [0.25, 0.3) is 0 Å². The zero-order chi connectivity index (χ0) is 19.4. The van der Waals surface area contributed by atoms with Crippen LogP contribution in [-0.2, 0) is 0 Å². The molecule has 0 atom stereocenters. The van der Waals surface area contributed by atoms with E-state index in [1.807, 2.05) is 13.0 Å². The average molecular weight is 382 g/mol. The number of benzene rings is 2. The summed E-state index contributed by atoms with van der Waals surface area (Å²) in [4.78, 5) is 29.4. The van der Waals surface area contributed by atoms with Crippen molar-refractivity contribution >= 4 is 34.2 Å². The van der Waals surface area contributed by atoms with Gasteiger partial charge in [0.15, 0.2) is 5.78 Å². The minimum atomic E-state index is -0.496. The Morgan fingerprint density at radius 1 is 1.04 bits per heavy atom. The molecule has 0 aliphatic heterocycles. The highest BCUT2D eigenvalue weighted by Gasteiger charge is 2.19. The summed E-state index contributed by atoms with van der Waals surface area (Å²) in [5.41, 5.74) is 2.10. The van der Waals surface area contributed by atoms with Gasteiger partial charge >= 0.3 is 6.03 Å². The maximum absolute atomic E-state index is 13.1. The first kappa shape index (κ1) is 18.5. The molecule has 0 fully saturated rings. The molecule has 8 heteroatoms. The zero-order valence-corrected chi connectivity index (χ0v) is 15.9. The molecule has 0 unspecified atom stereocenters. The number of hydrogen-bond acceptors (Lipinski definition) is 6. The van der Waals surface area contributed by atoms with Crippen LogP contribution in [0.4, 0.5) is 15.6 Å². The minimum Gasteiger partial charge on any atom is -0.496 e. The Hall–Kier alpha value is -3.26. The summed E-state index contributed by atoms with van der Waals surface area (Å²) in [7, 11) is 1.51. The Balaban J connectivity index is 1.88. The number of rotatable bonds is 5. The number of amides is 2. The molecule has 1 aromatic heterocycles. The van der Waals surface area contributed by atoms with Gasteiger partial charge in [0, 0.05) is 17.1 Å². The quantitative estimate of drug-likeness (QED) is 0.650. The highest BCUT2D eigenvalue weighted by Crippen LogP contribution is 2.26. The largest absolute Gasteiger partial charge is 0.496 e. The van der Waals surface area contributed by atoms with E-state index >= 15 is 0 Å². The third kappa shape index (κ3) is 4.29. The van der Waals surface area contributed by atoms with E-state index < -0.39 is 6.03 Å². The van der Waals surface area contributed by atoms with Gasteiger partial charge in [-0.2, -0.15) is 4.37 Å². The molecule has 0 radical (unpaired) electrons. The number of carbonyl (C=O) groups is 2. The Morgan fingerprint density at radius 2 is 1.81 bits per heavy atom. The molecule has 0 saturated carbocycles. The molecule has 3 rings (SSSR count). The van der Waals surface area contributed by atoms with Crippen LogP contribution in [0.5, 0.6) is 5.75 Å². The first-order chi connectivity index (χ1) is 13.0. The maximum atomic E-state index is 13.1. The van der Waals surface area contributed by atoms with Gasteiger partial charge in [0.05, 0.1) is 18.4 Å². The van der Waals surface area contributed by atoms with Gasteiger partial charge in [-0.25, -0.2) is 9.78 Å². The Kier molecular flexibility index (Phi) is 5.46. The van der Waals surface area contributed by atoms with Crippen LogP contribution in [0.25, 0.3) is 0 Å². The molecule has 2 amide bonds. The first-order valence-corrected chi connectivity index (χ1v) is 8.92. The van der Waals surface area contributed by atoms with Crippen LogP contribution in [0.1, 0.15) is 27.3 Å². The van der Waals surface area contributed by atoms with Crippen molar-refractivity contribution < 1.29 is 14.3 Å². The topological polar surface area (TPSA) is 93.2 Å². The lowest BCUT2D eigenvalue weighted by molar-refractivity contribution is 0.103. The standard InChI is InChI=1S/C19H18N4O3S/c1-11-8-9-15(21-18(25)22-19-20-12(2)23-27-19)14(10-11)17(24)13-6-4-5-7-16(13)26-3/h4-10H,1-3H3,(H2,20,21,22,23,25). The monoisotopic (exact) mass is 382 g/mol. The molecule has 2 aromatic carbocycles. The molecular formula is C19H18N4O3S. The van der Waals surface area contributed by atoms with E-state index in [-0.39, 0.29) is 5.78 Å². The maximum Gasteiger partial charge on any atom is 0.325 e. The predicted molar refractivity (Wildman–Crippen MR) is 105 cm³/mol. The van der Waals surface area contributed by atoms with E-state index in [0.29, 0.717) is 33.5 Å². The van der Waals surface area contributed by atoms with Crippen molar-refractivity contribution in [2.75, 3.05) is 17.7 Å². The van der Waals surface area contributed by atoms with Gasteiger partial charge in [-0.05, 0) is 38.1 Å². The van der Waals surface area contributed by atoms with Crippen LogP contribution in [0.2, 0.25) is 0 Å². The highest BCUT2D eigenvalue weighted by molar-refractivity contribution is 7.09. The summed E-state index contributed by atoms with van der Waals surface area (Å²) >= 11 is 1.09. The number of ketones is 1. The summed E-state index contributed by atoms with van der Waals surface area (Å²) in [6.07, 6.45) is 0. The van der Waals surface area contributed by atoms with Crippen LogP contribution >= 0.6 is 11.5 Å². The van der Waals surface area contributed by atoms with Crippen molar-refractivity contribution in [1.82, 2.24) is 9.36 Å². The molecule has 2 N–H and O–H groups in total. The van der Waals surface area contributed by atoms with Crippen LogP contribution in [-0.4, -0.2) is 28.3 Å². The summed E-state index contributed by atoms with van der Waals surface area (Å²) in [6.45, 7) is 3.62. The summed E-state index contributed by atoms with van der Waals surface area (Å²) < 4.78 is 9.30. The molecule has 7 nitrogen and oxygen atoms in total. The Bertz CT molecular complexity index is 1000. The van der Waals surface area contributed by atoms with E-state index in [4.69, 9.17) is 4.74 Å². The van der Waals surface area contributed by atoms with Crippen LogP contribution in [0.15, 0.2) is 42.5 Å². The van der Waals surface area contributed by atoms with Crippen LogP contribution < -0.4 is 15.4 Å². The second kappa shape index (κ2) is 7.96. The number of methoxy groups -OCH3 is 1. The zero-order valence-electron chi connectivity index (χ0n) is 15.1. The number of para-hydroxylation sites is 1. The number of hydrogen-bond donors (Lipinski definition) is 2.